The Balaban J connectivity index is 1.71. The third kappa shape index (κ3) is 1.59. The van der Waals surface area contributed by atoms with E-state index in [9.17, 15) is 4.79 Å². The fourth-order valence-electron chi connectivity index (χ4n) is 3.38. The molecule has 0 saturated heterocycles. The third-order valence-electron chi connectivity index (χ3n) is 4.49. The summed E-state index contributed by atoms with van der Waals surface area (Å²) in [6.45, 7) is 2.13. The Bertz CT molecular complexity index is 395. The quantitative estimate of drug-likeness (QED) is 0.737. The Kier molecular flexibility index (Phi) is 2.34. The summed E-state index contributed by atoms with van der Waals surface area (Å²) in [5.74, 6) is 2.99. The third-order valence-corrected chi connectivity index (χ3v) is 4.49. The fraction of sp³-hybridized carbons (Fsp3) is 0.533. The van der Waals surface area contributed by atoms with Gasteiger partial charge < -0.3 is 0 Å². The second-order valence-electron chi connectivity index (χ2n) is 5.37. The van der Waals surface area contributed by atoms with E-state index in [-0.39, 0.29) is 0 Å². The molecule has 4 unspecified atom stereocenters. The van der Waals surface area contributed by atoms with Crippen LogP contribution in [0.4, 0.5) is 0 Å². The minimum atomic E-state index is 0.318. The Labute approximate surface area is 96.9 Å². The topological polar surface area (TPSA) is 17.1 Å². The molecule has 2 aliphatic rings. The van der Waals surface area contributed by atoms with E-state index in [0.29, 0.717) is 17.6 Å². The Morgan fingerprint density at radius 3 is 2.50 bits per heavy atom. The van der Waals surface area contributed by atoms with Gasteiger partial charge in [0.15, 0.2) is 0 Å². The fourth-order valence-corrected chi connectivity index (χ4v) is 3.38. The molecular weight excluding hydrogens is 196 g/mol. The van der Waals surface area contributed by atoms with Crippen molar-refractivity contribution < 1.29 is 4.79 Å². The van der Waals surface area contributed by atoms with Crippen molar-refractivity contribution in [2.45, 2.75) is 32.1 Å². The Morgan fingerprint density at radius 2 is 1.88 bits per heavy atom. The Hall–Kier alpha value is -1.11. The van der Waals surface area contributed by atoms with Gasteiger partial charge in [0.1, 0.15) is 5.78 Å². The number of ketones is 1. The number of Topliss-reactive ketones (excluding diaryl/α,β-unsaturated/α-hetero) is 1. The van der Waals surface area contributed by atoms with Crippen molar-refractivity contribution in [3.8, 4) is 0 Å². The number of carbonyl (C=O) groups excluding carboxylic acids is 1. The summed E-state index contributed by atoms with van der Waals surface area (Å²) in [6.07, 6.45) is 3.25. The molecule has 1 aromatic carbocycles. The summed E-state index contributed by atoms with van der Waals surface area (Å²) in [7, 11) is 0. The van der Waals surface area contributed by atoms with Crippen molar-refractivity contribution in [3.63, 3.8) is 0 Å². The standard InChI is InChI=1S/C15H18O/c1-10-12(7-8-15(10)16)14-9-13(14)11-5-3-2-4-6-11/h2-6,10,12-14H,7-9H2,1H3. The van der Waals surface area contributed by atoms with E-state index >= 15 is 0 Å². The van der Waals surface area contributed by atoms with Crippen LogP contribution in [0.1, 0.15) is 37.7 Å². The molecule has 0 heterocycles. The van der Waals surface area contributed by atoms with Gasteiger partial charge in [0.2, 0.25) is 0 Å². The normalized spacial score (nSPS) is 37.7. The van der Waals surface area contributed by atoms with Crippen LogP contribution in [0, 0.1) is 17.8 Å². The molecule has 3 rings (SSSR count). The van der Waals surface area contributed by atoms with Crippen molar-refractivity contribution in [2.75, 3.05) is 0 Å². The Morgan fingerprint density at radius 1 is 1.12 bits per heavy atom. The van der Waals surface area contributed by atoms with Gasteiger partial charge in [0, 0.05) is 12.3 Å². The van der Waals surface area contributed by atoms with Crippen LogP contribution in [0.2, 0.25) is 0 Å². The largest absolute Gasteiger partial charge is 0.299 e. The summed E-state index contributed by atoms with van der Waals surface area (Å²) in [4.78, 5) is 11.6. The lowest BCUT2D eigenvalue weighted by Gasteiger charge is -2.13. The van der Waals surface area contributed by atoms with Crippen LogP contribution in [-0.4, -0.2) is 5.78 Å². The predicted octanol–water partition coefficient (Wildman–Crippen LogP) is 3.41. The molecule has 0 bridgehead atoms. The van der Waals surface area contributed by atoms with Gasteiger partial charge in [-0.15, -0.1) is 0 Å². The zero-order valence-electron chi connectivity index (χ0n) is 9.73. The maximum Gasteiger partial charge on any atom is 0.135 e. The van der Waals surface area contributed by atoms with E-state index in [1.54, 1.807) is 0 Å². The van der Waals surface area contributed by atoms with E-state index in [1.165, 1.54) is 12.0 Å². The lowest BCUT2D eigenvalue weighted by Crippen LogP contribution is -2.12. The number of hydrogen-bond acceptors (Lipinski definition) is 1. The predicted molar refractivity (Wildman–Crippen MR) is 64.2 cm³/mol. The van der Waals surface area contributed by atoms with Gasteiger partial charge in [-0.05, 0) is 36.2 Å². The molecule has 0 aromatic heterocycles. The molecule has 2 saturated carbocycles. The second kappa shape index (κ2) is 3.73. The average molecular weight is 214 g/mol. The van der Waals surface area contributed by atoms with Gasteiger partial charge in [0.25, 0.3) is 0 Å². The van der Waals surface area contributed by atoms with Gasteiger partial charge in [-0.2, -0.15) is 0 Å². The first kappa shape index (κ1) is 10.1. The molecular formula is C15H18O. The molecule has 0 radical (unpaired) electrons. The van der Waals surface area contributed by atoms with Gasteiger partial charge in [-0.25, -0.2) is 0 Å². The monoisotopic (exact) mass is 214 g/mol. The summed E-state index contributed by atoms with van der Waals surface area (Å²) in [5, 5.41) is 0. The van der Waals surface area contributed by atoms with Gasteiger partial charge in [-0.3, -0.25) is 4.79 Å². The maximum atomic E-state index is 11.6. The van der Waals surface area contributed by atoms with Crippen molar-refractivity contribution in [1.29, 1.82) is 0 Å². The van der Waals surface area contributed by atoms with Crippen LogP contribution in [0.3, 0.4) is 0 Å². The SMILES string of the molecule is CC1C(=O)CCC1C1CC1c1ccccc1. The molecule has 2 aliphatic carbocycles. The highest BCUT2D eigenvalue weighted by Crippen LogP contribution is 2.56. The molecule has 1 nitrogen and oxygen atoms in total. The second-order valence-corrected chi connectivity index (χ2v) is 5.37. The molecule has 0 N–H and O–H groups in total. The summed E-state index contributed by atoms with van der Waals surface area (Å²) >= 11 is 0. The lowest BCUT2D eigenvalue weighted by atomic mass is 9.90. The van der Waals surface area contributed by atoms with Crippen molar-refractivity contribution >= 4 is 5.78 Å². The highest BCUT2D eigenvalue weighted by atomic mass is 16.1. The van der Waals surface area contributed by atoms with E-state index in [4.69, 9.17) is 0 Å². The lowest BCUT2D eigenvalue weighted by molar-refractivity contribution is -0.120. The first-order valence-corrected chi connectivity index (χ1v) is 6.35. The first-order valence-electron chi connectivity index (χ1n) is 6.35. The minimum absolute atomic E-state index is 0.318. The molecule has 1 heteroatoms. The van der Waals surface area contributed by atoms with Crippen LogP contribution < -0.4 is 0 Å². The maximum absolute atomic E-state index is 11.6. The van der Waals surface area contributed by atoms with Crippen molar-refractivity contribution in [2.24, 2.45) is 17.8 Å². The van der Waals surface area contributed by atoms with Gasteiger partial charge >= 0.3 is 0 Å². The van der Waals surface area contributed by atoms with E-state index in [0.717, 1.165) is 24.7 Å². The molecule has 0 aliphatic heterocycles. The van der Waals surface area contributed by atoms with Crippen molar-refractivity contribution in [3.05, 3.63) is 35.9 Å². The first-order chi connectivity index (χ1) is 7.77. The molecule has 0 amide bonds. The number of carbonyl (C=O) groups is 1. The zero-order chi connectivity index (χ0) is 11.1. The van der Waals surface area contributed by atoms with E-state index < -0.39 is 0 Å². The molecule has 0 spiro atoms. The van der Waals surface area contributed by atoms with Crippen LogP contribution in [0.5, 0.6) is 0 Å². The highest BCUT2D eigenvalue weighted by Gasteiger charge is 2.48. The smallest absolute Gasteiger partial charge is 0.135 e. The summed E-state index contributed by atoms with van der Waals surface area (Å²) in [5.41, 5.74) is 1.47. The van der Waals surface area contributed by atoms with Crippen LogP contribution in [0.25, 0.3) is 0 Å². The van der Waals surface area contributed by atoms with E-state index in [1.807, 2.05) is 0 Å². The molecule has 16 heavy (non-hydrogen) atoms. The summed E-state index contributed by atoms with van der Waals surface area (Å²) < 4.78 is 0. The number of rotatable bonds is 2. The highest BCUT2D eigenvalue weighted by molar-refractivity contribution is 5.83. The van der Waals surface area contributed by atoms with Crippen LogP contribution in [0.15, 0.2) is 30.3 Å². The van der Waals surface area contributed by atoms with Crippen molar-refractivity contribution in [1.82, 2.24) is 0 Å². The average Bonchev–Trinajstić information content (AvgIpc) is 3.04. The van der Waals surface area contributed by atoms with Crippen LogP contribution in [-0.2, 0) is 4.79 Å². The zero-order valence-corrected chi connectivity index (χ0v) is 9.73. The van der Waals surface area contributed by atoms with E-state index in [2.05, 4.69) is 37.3 Å². The minimum Gasteiger partial charge on any atom is -0.299 e. The summed E-state index contributed by atoms with van der Waals surface area (Å²) in [6, 6.07) is 10.8. The molecule has 84 valence electrons. The van der Waals surface area contributed by atoms with Crippen LogP contribution >= 0.6 is 0 Å². The molecule has 1 aromatic rings. The number of hydrogen-bond donors (Lipinski definition) is 0. The number of benzene rings is 1. The molecule has 4 atom stereocenters. The van der Waals surface area contributed by atoms with Gasteiger partial charge in [-0.1, -0.05) is 37.3 Å². The van der Waals surface area contributed by atoms with Gasteiger partial charge in [0.05, 0.1) is 0 Å². The molecule has 2 fully saturated rings.